The van der Waals surface area contributed by atoms with Crippen LogP contribution in [0.2, 0.25) is 0 Å². The Hall–Kier alpha value is -2.29. The van der Waals surface area contributed by atoms with Crippen molar-refractivity contribution in [2.24, 2.45) is 4.99 Å². The van der Waals surface area contributed by atoms with Crippen molar-refractivity contribution in [1.82, 2.24) is 0 Å². The van der Waals surface area contributed by atoms with Gasteiger partial charge in [0, 0.05) is 12.1 Å². The van der Waals surface area contributed by atoms with Gasteiger partial charge < -0.3 is 10.5 Å². The number of hydrogen-bond acceptors (Lipinski definition) is 3. The Bertz CT molecular complexity index is 678. The highest BCUT2D eigenvalue weighted by Gasteiger charge is 2.39. The first kappa shape index (κ1) is 10.6. The van der Waals surface area contributed by atoms with Crippen LogP contribution >= 0.6 is 0 Å². The van der Waals surface area contributed by atoms with Gasteiger partial charge in [-0.05, 0) is 23.3 Å². The summed E-state index contributed by atoms with van der Waals surface area (Å²) in [4.78, 5) is 4.74. The Morgan fingerprint density at radius 2 is 1.84 bits per heavy atom. The third-order valence-corrected chi connectivity index (χ3v) is 3.86. The zero-order valence-corrected chi connectivity index (χ0v) is 10.4. The molecule has 0 bridgehead atoms. The second kappa shape index (κ2) is 3.85. The van der Waals surface area contributed by atoms with E-state index in [0.29, 0.717) is 5.90 Å². The van der Waals surface area contributed by atoms with E-state index >= 15 is 0 Å². The third kappa shape index (κ3) is 1.55. The van der Waals surface area contributed by atoms with Crippen molar-refractivity contribution in [2.75, 3.05) is 5.73 Å². The standard InChI is InChI=1S/C16H14N2O/c17-13-8-4-3-7-12(13)16-18-15-11-6-2-1-5-10(11)9-14(15)19-16/h1-8,14-15H,9,17H2/t14-,15+/m0/s1. The van der Waals surface area contributed by atoms with Crippen LogP contribution < -0.4 is 5.73 Å². The van der Waals surface area contributed by atoms with Crippen LogP contribution in [0, 0.1) is 0 Å². The fourth-order valence-corrected chi connectivity index (χ4v) is 2.92. The number of nitrogen functional groups attached to an aromatic ring is 1. The lowest BCUT2D eigenvalue weighted by Crippen LogP contribution is -2.14. The normalized spacial score (nSPS) is 23.5. The molecular formula is C16H14N2O. The minimum atomic E-state index is 0.130. The molecule has 0 spiro atoms. The fourth-order valence-electron chi connectivity index (χ4n) is 2.92. The summed E-state index contributed by atoms with van der Waals surface area (Å²) in [6.45, 7) is 0. The SMILES string of the molecule is Nc1ccccc1C1=N[C@@H]2c3ccccc3C[C@@H]2O1. The van der Waals surface area contributed by atoms with Crippen LogP contribution in [0.3, 0.4) is 0 Å². The molecule has 19 heavy (non-hydrogen) atoms. The highest BCUT2D eigenvalue weighted by molar-refractivity contribution is 6.00. The Morgan fingerprint density at radius 3 is 2.74 bits per heavy atom. The molecule has 0 fully saturated rings. The summed E-state index contributed by atoms with van der Waals surface area (Å²) in [5, 5.41) is 0. The number of aliphatic imine (C=N–C) groups is 1. The Balaban J connectivity index is 1.75. The van der Waals surface area contributed by atoms with Crippen LogP contribution in [0.5, 0.6) is 0 Å². The maximum absolute atomic E-state index is 6.00. The third-order valence-electron chi connectivity index (χ3n) is 3.86. The van der Waals surface area contributed by atoms with Crippen LogP contribution in [-0.2, 0) is 11.2 Å². The van der Waals surface area contributed by atoms with Crippen LogP contribution in [0.15, 0.2) is 53.5 Å². The molecule has 1 aliphatic heterocycles. The summed E-state index contributed by atoms with van der Waals surface area (Å²) in [6.07, 6.45) is 1.06. The minimum Gasteiger partial charge on any atom is -0.471 e. The van der Waals surface area contributed by atoms with Gasteiger partial charge in [-0.2, -0.15) is 0 Å². The summed E-state index contributed by atoms with van der Waals surface area (Å²) < 4.78 is 6.00. The van der Waals surface area contributed by atoms with E-state index in [1.165, 1.54) is 11.1 Å². The zero-order chi connectivity index (χ0) is 12.8. The van der Waals surface area contributed by atoms with Gasteiger partial charge in [-0.3, -0.25) is 0 Å². The highest BCUT2D eigenvalue weighted by atomic mass is 16.5. The molecule has 0 unspecified atom stereocenters. The number of hydrogen-bond donors (Lipinski definition) is 1. The first-order chi connectivity index (χ1) is 9.33. The van der Waals surface area contributed by atoms with Crippen molar-refractivity contribution in [2.45, 2.75) is 18.6 Å². The van der Waals surface area contributed by atoms with Crippen LogP contribution in [0.25, 0.3) is 0 Å². The predicted molar refractivity (Wildman–Crippen MR) is 75.2 cm³/mol. The van der Waals surface area contributed by atoms with Gasteiger partial charge in [0.25, 0.3) is 0 Å². The summed E-state index contributed by atoms with van der Waals surface area (Å²) in [6, 6.07) is 16.3. The van der Waals surface area contributed by atoms with Gasteiger partial charge in [0.2, 0.25) is 5.90 Å². The summed E-state index contributed by atoms with van der Waals surface area (Å²) in [7, 11) is 0. The molecule has 2 aliphatic rings. The van der Waals surface area contributed by atoms with E-state index in [4.69, 9.17) is 15.5 Å². The molecule has 4 rings (SSSR count). The molecule has 1 heterocycles. The van der Waals surface area contributed by atoms with Crippen molar-refractivity contribution in [3.05, 3.63) is 65.2 Å². The van der Waals surface area contributed by atoms with Crippen molar-refractivity contribution >= 4 is 11.6 Å². The van der Waals surface area contributed by atoms with Crippen molar-refractivity contribution < 1.29 is 4.74 Å². The first-order valence-corrected chi connectivity index (χ1v) is 6.50. The average molecular weight is 250 g/mol. The van der Waals surface area contributed by atoms with Crippen LogP contribution in [0.4, 0.5) is 5.69 Å². The molecule has 2 aromatic carbocycles. The molecule has 3 heteroatoms. The van der Waals surface area contributed by atoms with Gasteiger partial charge in [0.05, 0.1) is 5.56 Å². The molecule has 2 aromatic rings. The number of para-hydroxylation sites is 1. The van der Waals surface area contributed by atoms with Gasteiger partial charge in [0.15, 0.2) is 0 Å². The predicted octanol–water partition coefficient (Wildman–Crippen LogP) is 2.71. The number of nitrogens with zero attached hydrogens (tertiary/aromatic N) is 1. The molecular weight excluding hydrogens is 236 g/mol. The quantitative estimate of drug-likeness (QED) is 0.791. The van der Waals surface area contributed by atoms with E-state index in [1.54, 1.807) is 0 Å². The number of rotatable bonds is 1. The molecule has 0 saturated heterocycles. The van der Waals surface area contributed by atoms with Crippen molar-refractivity contribution in [3.63, 3.8) is 0 Å². The number of ether oxygens (including phenoxy) is 1. The molecule has 2 atom stereocenters. The maximum Gasteiger partial charge on any atom is 0.219 e. The number of nitrogens with two attached hydrogens (primary N) is 1. The van der Waals surface area contributed by atoms with Gasteiger partial charge in [-0.25, -0.2) is 4.99 Å². The molecule has 3 nitrogen and oxygen atoms in total. The van der Waals surface area contributed by atoms with E-state index in [2.05, 4.69) is 24.3 Å². The molecule has 0 amide bonds. The van der Waals surface area contributed by atoms with Gasteiger partial charge >= 0.3 is 0 Å². The second-order valence-corrected chi connectivity index (χ2v) is 5.03. The average Bonchev–Trinajstić information content (AvgIpc) is 2.96. The van der Waals surface area contributed by atoms with Crippen molar-refractivity contribution in [3.8, 4) is 0 Å². The molecule has 0 aromatic heterocycles. The topological polar surface area (TPSA) is 47.6 Å². The van der Waals surface area contributed by atoms with E-state index in [-0.39, 0.29) is 12.1 Å². The number of anilines is 1. The Morgan fingerprint density at radius 1 is 1.05 bits per heavy atom. The van der Waals surface area contributed by atoms with Crippen LogP contribution in [0.1, 0.15) is 22.7 Å². The van der Waals surface area contributed by atoms with E-state index in [9.17, 15) is 0 Å². The monoisotopic (exact) mass is 250 g/mol. The largest absolute Gasteiger partial charge is 0.471 e. The summed E-state index contributed by atoms with van der Waals surface area (Å²) in [5.74, 6) is 0.683. The summed E-state index contributed by atoms with van der Waals surface area (Å²) >= 11 is 0. The highest BCUT2D eigenvalue weighted by Crippen LogP contribution is 2.41. The van der Waals surface area contributed by atoms with E-state index in [1.807, 2.05) is 24.3 Å². The van der Waals surface area contributed by atoms with Gasteiger partial charge in [-0.15, -0.1) is 0 Å². The lowest BCUT2D eigenvalue weighted by molar-refractivity contribution is 0.206. The summed E-state index contributed by atoms with van der Waals surface area (Å²) in [5.41, 5.74) is 10.2. The number of benzene rings is 2. The van der Waals surface area contributed by atoms with Gasteiger partial charge in [0.1, 0.15) is 12.1 Å². The minimum absolute atomic E-state index is 0.130. The van der Waals surface area contributed by atoms with Crippen LogP contribution in [-0.4, -0.2) is 12.0 Å². The first-order valence-electron chi connectivity index (χ1n) is 6.50. The molecule has 1 aliphatic carbocycles. The Kier molecular flexibility index (Phi) is 2.15. The lowest BCUT2D eigenvalue weighted by Gasteiger charge is -2.09. The maximum atomic E-state index is 6.00. The second-order valence-electron chi connectivity index (χ2n) is 5.03. The molecule has 0 saturated carbocycles. The fraction of sp³-hybridized carbons (Fsp3) is 0.188. The van der Waals surface area contributed by atoms with E-state index in [0.717, 1.165) is 17.7 Å². The lowest BCUT2D eigenvalue weighted by atomic mass is 10.1. The molecule has 2 N–H and O–H groups in total. The molecule has 0 radical (unpaired) electrons. The van der Waals surface area contributed by atoms with Crippen molar-refractivity contribution in [1.29, 1.82) is 0 Å². The van der Waals surface area contributed by atoms with Gasteiger partial charge in [-0.1, -0.05) is 36.4 Å². The Labute approximate surface area is 111 Å². The number of fused-ring (bicyclic) bond motifs is 3. The molecule has 94 valence electrons. The zero-order valence-electron chi connectivity index (χ0n) is 10.4. The smallest absolute Gasteiger partial charge is 0.219 e. The van der Waals surface area contributed by atoms with E-state index < -0.39 is 0 Å².